The molecule has 2 aliphatic rings. The molecule has 3 rings (SSSR count). The van der Waals surface area contributed by atoms with Crippen LogP contribution in [0.15, 0.2) is 23.1 Å². The summed E-state index contributed by atoms with van der Waals surface area (Å²) in [5.74, 6) is 2.05. The maximum atomic E-state index is 3.48. The van der Waals surface area contributed by atoms with Crippen LogP contribution in [0.5, 0.6) is 0 Å². The van der Waals surface area contributed by atoms with E-state index in [1.807, 2.05) is 11.8 Å². The molecule has 0 atom stereocenters. The van der Waals surface area contributed by atoms with Crippen molar-refractivity contribution in [2.24, 2.45) is 5.92 Å². The number of hydrogen-bond acceptors (Lipinski definition) is 3. The first kappa shape index (κ1) is 9.55. The van der Waals surface area contributed by atoms with Crippen molar-refractivity contribution < 1.29 is 0 Å². The average molecular weight is 220 g/mol. The normalized spacial score (nSPS) is 20.3. The summed E-state index contributed by atoms with van der Waals surface area (Å²) in [6.07, 6.45) is 1.23. The minimum absolute atomic E-state index is 0.860. The Morgan fingerprint density at radius 3 is 3.07 bits per heavy atom. The van der Waals surface area contributed by atoms with Gasteiger partial charge in [-0.2, -0.15) is 0 Å². The van der Waals surface area contributed by atoms with Crippen molar-refractivity contribution in [2.75, 3.05) is 30.7 Å². The molecule has 15 heavy (non-hydrogen) atoms. The van der Waals surface area contributed by atoms with Crippen molar-refractivity contribution in [2.45, 2.75) is 11.3 Å². The first-order valence-corrected chi connectivity index (χ1v) is 6.61. The Balaban J connectivity index is 1.77. The van der Waals surface area contributed by atoms with E-state index in [4.69, 9.17) is 0 Å². The number of thioether (sulfide) groups is 1. The van der Waals surface area contributed by atoms with Crippen molar-refractivity contribution in [3.8, 4) is 0 Å². The highest BCUT2D eigenvalue weighted by molar-refractivity contribution is 7.99. The van der Waals surface area contributed by atoms with Crippen LogP contribution in [0.4, 0.5) is 5.69 Å². The average Bonchev–Trinajstić information content (AvgIpc) is 2.23. The molecule has 1 fully saturated rings. The zero-order chi connectivity index (χ0) is 10.1. The Morgan fingerprint density at radius 1 is 1.33 bits per heavy atom. The van der Waals surface area contributed by atoms with Crippen LogP contribution in [0.2, 0.25) is 0 Å². The van der Waals surface area contributed by atoms with Crippen LogP contribution < -0.4 is 10.6 Å². The highest BCUT2D eigenvalue weighted by Gasteiger charge is 2.17. The summed E-state index contributed by atoms with van der Waals surface area (Å²) in [6.45, 7) is 3.49. The van der Waals surface area contributed by atoms with E-state index in [0.29, 0.717) is 0 Å². The van der Waals surface area contributed by atoms with Gasteiger partial charge >= 0.3 is 0 Å². The summed E-state index contributed by atoms with van der Waals surface area (Å²) in [7, 11) is 0. The number of nitrogens with one attached hydrogen (secondary N) is 2. The minimum Gasteiger partial charge on any atom is -0.383 e. The van der Waals surface area contributed by atoms with E-state index >= 15 is 0 Å². The third-order valence-electron chi connectivity index (χ3n) is 3.11. The van der Waals surface area contributed by atoms with E-state index in [-0.39, 0.29) is 0 Å². The molecule has 1 aromatic carbocycles. The zero-order valence-electron chi connectivity index (χ0n) is 8.75. The molecule has 0 spiro atoms. The predicted octanol–water partition coefficient (Wildman–Crippen LogP) is 1.97. The fourth-order valence-electron chi connectivity index (χ4n) is 2.14. The highest BCUT2D eigenvalue weighted by atomic mass is 32.2. The topological polar surface area (TPSA) is 24.1 Å². The molecular formula is C12H16N2S. The third kappa shape index (κ3) is 1.99. The maximum Gasteiger partial charge on any atom is 0.0481 e. The number of hydrogen-bond donors (Lipinski definition) is 2. The first-order valence-electron chi connectivity index (χ1n) is 5.62. The van der Waals surface area contributed by atoms with Gasteiger partial charge in [0.25, 0.3) is 0 Å². The Labute approximate surface area is 94.8 Å². The van der Waals surface area contributed by atoms with Crippen molar-refractivity contribution in [3.63, 3.8) is 0 Å². The lowest BCUT2D eigenvalue weighted by molar-refractivity contribution is 0.346. The monoisotopic (exact) mass is 220 g/mol. The van der Waals surface area contributed by atoms with Crippen LogP contribution in [-0.2, 0) is 6.42 Å². The molecule has 80 valence electrons. The van der Waals surface area contributed by atoms with Gasteiger partial charge in [0.05, 0.1) is 0 Å². The maximum absolute atomic E-state index is 3.48. The number of rotatable bonds is 2. The van der Waals surface area contributed by atoms with Gasteiger partial charge in [-0.15, -0.1) is 11.8 Å². The van der Waals surface area contributed by atoms with Gasteiger partial charge in [0.2, 0.25) is 0 Å². The molecule has 0 saturated carbocycles. The Bertz CT molecular complexity index is 361. The summed E-state index contributed by atoms with van der Waals surface area (Å²) in [4.78, 5) is 1.41. The van der Waals surface area contributed by atoms with Gasteiger partial charge in [0.15, 0.2) is 0 Å². The standard InChI is InChI=1S/C12H16N2S/c1-2-12-11(14-3-4-15-12)6-9(1)5-10-7-13-8-10/h1-2,6,10,13-14H,3-5,7-8H2. The summed E-state index contributed by atoms with van der Waals surface area (Å²) in [5, 5.41) is 6.80. The smallest absolute Gasteiger partial charge is 0.0481 e. The molecule has 2 aliphatic heterocycles. The van der Waals surface area contributed by atoms with Crippen molar-refractivity contribution in [1.82, 2.24) is 5.32 Å². The van der Waals surface area contributed by atoms with Crippen molar-refractivity contribution in [1.29, 1.82) is 0 Å². The zero-order valence-corrected chi connectivity index (χ0v) is 9.57. The summed E-state index contributed by atoms with van der Waals surface area (Å²) in [6, 6.07) is 6.89. The molecule has 0 aromatic heterocycles. The fourth-order valence-corrected chi connectivity index (χ4v) is 3.02. The Hall–Kier alpha value is -0.670. The van der Waals surface area contributed by atoms with E-state index in [1.165, 1.54) is 41.4 Å². The number of fused-ring (bicyclic) bond motifs is 1. The minimum atomic E-state index is 0.860. The van der Waals surface area contributed by atoms with Gasteiger partial charge in [-0.05, 0) is 43.1 Å². The van der Waals surface area contributed by atoms with Crippen LogP contribution in [-0.4, -0.2) is 25.4 Å². The molecule has 0 aliphatic carbocycles. The van der Waals surface area contributed by atoms with Crippen molar-refractivity contribution in [3.05, 3.63) is 23.8 Å². The molecule has 0 radical (unpaired) electrons. The van der Waals surface area contributed by atoms with E-state index in [9.17, 15) is 0 Å². The molecular weight excluding hydrogens is 204 g/mol. The van der Waals surface area contributed by atoms with E-state index < -0.39 is 0 Å². The SMILES string of the molecule is c1cc2c(cc1CC1CNC1)NCCS2. The highest BCUT2D eigenvalue weighted by Crippen LogP contribution is 2.32. The lowest BCUT2D eigenvalue weighted by Gasteiger charge is -2.27. The number of benzene rings is 1. The molecule has 0 bridgehead atoms. The van der Waals surface area contributed by atoms with Crippen LogP contribution in [0.3, 0.4) is 0 Å². The lowest BCUT2D eigenvalue weighted by atomic mass is 9.94. The number of anilines is 1. The van der Waals surface area contributed by atoms with Gasteiger partial charge in [-0.25, -0.2) is 0 Å². The van der Waals surface area contributed by atoms with Crippen molar-refractivity contribution >= 4 is 17.4 Å². The largest absolute Gasteiger partial charge is 0.383 e. The predicted molar refractivity (Wildman–Crippen MR) is 65.7 cm³/mol. The summed E-state index contributed by atoms with van der Waals surface area (Å²) in [5.41, 5.74) is 2.83. The molecule has 1 saturated heterocycles. The second-order valence-electron chi connectivity index (χ2n) is 4.33. The van der Waals surface area contributed by atoms with Crippen LogP contribution in [0, 0.1) is 5.92 Å². The molecule has 0 amide bonds. The van der Waals surface area contributed by atoms with E-state index in [0.717, 1.165) is 12.5 Å². The van der Waals surface area contributed by atoms with Crippen LogP contribution >= 0.6 is 11.8 Å². The molecule has 2 nitrogen and oxygen atoms in total. The first-order chi connectivity index (χ1) is 7.42. The fraction of sp³-hybridized carbons (Fsp3) is 0.500. The third-order valence-corrected chi connectivity index (χ3v) is 4.18. The van der Waals surface area contributed by atoms with Gasteiger partial charge in [-0.3, -0.25) is 0 Å². The quantitative estimate of drug-likeness (QED) is 0.797. The Kier molecular flexibility index (Phi) is 2.59. The van der Waals surface area contributed by atoms with Gasteiger partial charge in [-0.1, -0.05) is 6.07 Å². The van der Waals surface area contributed by atoms with Crippen LogP contribution in [0.1, 0.15) is 5.56 Å². The van der Waals surface area contributed by atoms with Gasteiger partial charge in [0.1, 0.15) is 0 Å². The van der Waals surface area contributed by atoms with E-state index in [1.54, 1.807) is 0 Å². The lowest BCUT2D eigenvalue weighted by Crippen LogP contribution is -2.43. The summed E-state index contributed by atoms with van der Waals surface area (Å²) >= 11 is 1.96. The molecule has 3 heteroatoms. The second-order valence-corrected chi connectivity index (χ2v) is 5.47. The molecule has 2 N–H and O–H groups in total. The molecule has 1 aromatic rings. The van der Waals surface area contributed by atoms with Gasteiger partial charge in [0, 0.05) is 22.9 Å². The van der Waals surface area contributed by atoms with E-state index in [2.05, 4.69) is 28.8 Å². The Morgan fingerprint density at radius 2 is 2.27 bits per heavy atom. The van der Waals surface area contributed by atoms with Crippen LogP contribution in [0.25, 0.3) is 0 Å². The molecule has 0 unspecified atom stereocenters. The molecule has 2 heterocycles. The summed E-state index contributed by atoms with van der Waals surface area (Å²) < 4.78 is 0. The van der Waals surface area contributed by atoms with Gasteiger partial charge < -0.3 is 10.6 Å². The second kappa shape index (κ2) is 4.06.